The lowest BCUT2D eigenvalue weighted by atomic mass is 9.82. The number of rotatable bonds is 3. The highest BCUT2D eigenvalue weighted by Gasteiger charge is 2.27. The van der Waals surface area contributed by atoms with E-state index in [0.29, 0.717) is 29.5 Å². The van der Waals surface area contributed by atoms with Crippen molar-refractivity contribution < 1.29 is 9.53 Å². The van der Waals surface area contributed by atoms with E-state index in [2.05, 4.69) is 15.0 Å². The molecular weight excluding hydrogens is 284 g/mol. The SMILES string of the molecule is COC(=O)C1CCC(Cn2c(=O)[nH]c3cnc(C)nc32)CC1. The fourth-order valence-corrected chi connectivity index (χ4v) is 3.21. The van der Waals surface area contributed by atoms with Gasteiger partial charge in [0.05, 0.1) is 19.2 Å². The first-order valence-electron chi connectivity index (χ1n) is 7.58. The first-order valence-corrected chi connectivity index (χ1v) is 7.58. The van der Waals surface area contributed by atoms with Gasteiger partial charge in [-0.25, -0.2) is 14.8 Å². The molecule has 1 fully saturated rings. The molecule has 0 atom stereocenters. The number of H-pyrrole nitrogens is 1. The molecule has 0 aromatic carbocycles. The topological polar surface area (TPSA) is 89.9 Å². The summed E-state index contributed by atoms with van der Waals surface area (Å²) in [5.41, 5.74) is 1.18. The Hall–Kier alpha value is -2.18. The summed E-state index contributed by atoms with van der Waals surface area (Å²) in [5, 5.41) is 0. The molecular formula is C15H20N4O3. The number of aromatic amines is 1. The summed E-state index contributed by atoms with van der Waals surface area (Å²) in [6.07, 6.45) is 5.13. The van der Waals surface area contributed by atoms with Crippen molar-refractivity contribution in [2.75, 3.05) is 7.11 Å². The number of carbonyl (C=O) groups is 1. The second-order valence-electron chi connectivity index (χ2n) is 5.94. The first kappa shape index (κ1) is 14.7. The van der Waals surface area contributed by atoms with Gasteiger partial charge >= 0.3 is 11.7 Å². The summed E-state index contributed by atoms with van der Waals surface area (Å²) in [7, 11) is 1.43. The van der Waals surface area contributed by atoms with Crippen LogP contribution in [-0.4, -0.2) is 32.6 Å². The maximum Gasteiger partial charge on any atom is 0.327 e. The molecule has 7 nitrogen and oxygen atoms in total. The van der Waals surface area contributed by atoms with Crippen molar-refractivity contribution in [1.82, 2.24) is 19.5 Å². The Labute approximate surface area is 127 Å². The van der Waals surface area contributed by atoms with E-state index < -0.39 is 0 Å². The fourth-order valence-electron chi connectivity index (χ4n) is 3.21. The Bertz CT molecular complexity index is 741. The Morgan fingerprint density at radius 3 is 2.82 bits per heavy atom. The molecule has 22 heavy (non-hydrogen) atoms. The number of aromatic nitrogens is 4. The van der Waals surface area contributed by atoms with Gasteiger partial charge in [0.25, 0.3) is 0 Å². The van der Waals surface area contributed by atoms with Crippen LogP contribution in [0.2, 0.25) is 0 Å². The lowest BCUT2D eigenvalue weighted by Crippen LogP contribution is -2.27. The molecule has 3 rings (SSSR count). The molecule has 2 aromatic rings. The van der Waals surface area contributed by atoms with Crippen LogP contribution in [0.1, 0.15) is 31.5 Å². The van der Waals surface area contributed by atoms with E-state index in [1.54, 1.807) is 10.8 Å². The van der Waals surface area contributed by atoms with Crippen molar-refractivity contribution in [3.05, 3.63) is 22.5 Å². The molecule has 1 N–H and O–H groups in total. The van der Waals surface area contributed by atoms with Crippen molar-refractivity contribution in [3.63, 3.8) is 0 Å². The summed E-state index contributed by atoms with van der Waals surface area (Å²) in [6, 6.07) is 0. The van der Waals surface area contributed by atoms with E-state index in [1.165, 1.54) is 7.11 Å². The molecule has 0 bridgehead atoms. The maximum atomic E-state index is 12.1. The number of esters is 1. The normalized spacial score (nSPS) is 21.9. The summed E-state index contributed by atoms with van der Waals surface area (Å²) < 4.78 is 6.49. The van der Waals surface area contributed by atoms with Gasteiger partial charge in [-0.15, -0.1) is 0 Å². The quantitative estimate of drug-likeness (QED) is 0.866. The largest absolute Gasteiger partial charge is 0.469 e. The van der Waals surface area contributed by atoms with Crippen LogP contribution in [0.15, 0.2) is 11.0 Å². The fraction of sp³-hybridized carbons (Fsp3) is 0.600. The van der Waals surface area contributed by atoms with Crippen LogP contribution >= 0.6 is 0 Å². The van der Waals surface area contributed by atoms with Crippen LogP contribution < -0.4 is 5.69 Å². The number of fused-ring (bicyclic) bond motifs is 1. The molecule has 2 heterocycles. The standard InChI is InChI=1S/C15H20N4O3/c1-9-16-7-12-13(17-9)19(15(21)18-12)8-10-3-5-11(6-4-10)14(20)22-2/h7,10-11H,3-6,8H2,1-2H3,(H,18,21). The molecule has 0 radical (unpaired) electrons. The van der Waals surface area contributed by atoms with Gasteiger partial charge in [0, 0.05) is 6.54 Å². The molecule has 1 aliphatic rings. The van der Waals surface area contributed by atoms with Gasteiger partial charge in [0.2, 0.25) is 0 Å². The number of hydrogen-bond acceptors (Lipinski definition) is 5. The molecule has 0 aliphatic heterocycles. The van der Waals surface area contributed by atoms with E-state index in [-0.39, 0.29) is 17.6 Å². The molecule has 118 valence electrons. The predicted octanol–water partition coefficient (Wildman–Crippen LogP) is 1.41. The minimum Gasteiger partial charge on any atom is -0.469 e. The first-order chi connectivity index (χ1) is 10.6. The highest BCUT2D eigenvalue weighted by atomic mass is 16.5. The third-order valence-corrected chi connectivity index (χ3v) is 4.45. The Morgan fingerprint density at radius 2 is 2.14 bits per heavy atom. The van der Waals surface area contributed by atoms with Crippen molar-refractivity contribution in [2.24, 2.45) is 11.8 Å². The molecule has 2 aromatic heterocycles. The minimum absolute atomic E-state index is 0.00510. The summed E-state index contributed by atoms with van der Waals surface area (Å²) in [4.78, 5) is 34.9. The smallest absolute Gasteiger partial charge is 0.327 e. The Kier molecular flexibility index (Phi) is 3.96. The highest BCUT2D eigenvalue weighted by molar-refractivity contribution is 5.72. The Balaban J connectivity index is 1.75. The summed E-state index contributed by atoms with van der Waals surface area (Å²) >= 11 is 0. The molecule has 1 saturated carbocycles. The van der Waals surface area contributed by atoms with Crippen LogP contribution in [0.3, 0.4) is 0 Å². The number of imidazole rings is 1. The number of aryl methyl sites for hydroxylation is 1. The zero-order valence-electron chi connectivity index (χ0n) is 12.8. The molecule has 0 amide bonds. The number of hydrogen-bond donors (Lipinski definition) is 1. The monoisotopic (exact) mass is 304 g/mol. The third kappa shape index (κ3) is 2.75. The number of methoxy groups -OCH3 is 1. The van der Waals surface area contributed by atoms with Crippen LogP contribution in [0.5, 0.6) is 0 Å². The number of nitrogens with zero attached hydrogens (tertiary/aromatic N) is 3. The van der Waals surface area contributed by atoms with Gasteiger partial charge < -0.3 is 9.72 Å². The van der Waals surface area contributed by atoms with Crippen LogP contribution in [-0.2, 0) is 16.1 Å². The number of nitrogens with one attached hydrogen (secondary N) is 1. The average Bonchev–Trinajstić information content (AvgIpc) is 2.83. The van der Waals surface area contributed by atoms with Crippen molar-refractivity contribution in [1.29, 1.82) is 0 Å². The van der Waals surface area contributed by atoms with Crippen molar-refractivity contribution >= 4 is 17.1 Å². The van der Waals surface area contributed by atoms with E-state index in [4.69, 9.17) is 4.74 Å². The number of ether oxygens (including phenoxy) is 1. The van der Waals surface area contributed by atoms with Crippen LogP contribution in [0, 0.1) is 18.8 Å². The van der Waals surface area contributed by atoms with E-state index >= 15 is 0 Å². The zero-order valence-corrected chi connectivity index (χ0v) is 12.8. The molecule has 1 aliphatic carbocycles. The van der Waals surface area contributed by atoms with Crippen LogP contribution in [0.4, 0.5) is 0 Å². The molecule has 0 saturated heterocycles. The molecule has 0 unspecified atom stereocenters. The van der Waals surface area contributed by atoms with Gasteiger partial charge in [0.1, 0.15) is 11.3 Å². The van der Waals surface area contributed by atoms with E-state index in [9.17, 15) is 9.59 Å². The average molecular weight is 304 g/mol. The van der Waals surface area contributed by atoms with Crippen molar-refractivity contribution in [3.8, 4) is 0 Å². The van der Waals surface area contributed by atoms with E-state index in [1.807, 2.05) is 6.92 Å². The van der Waals surface area contributed by atoms with Gasteiger partial charge in [-0.05, 0) is 38.5 Å². The van der Waals surface area contributed by atoms with Crippen molar-refractivity contribution in [2.45, 2.75) is 39.2 Å². The number of carbonyl (C=O) groups excluding carboxylic acids is 1. The third-order valence-electron chi connectivity index (χ3n) is 4.45. The van der Waals surface area contributed by atoms with Crippen LogP contribution in [0.25, 0.3) is 11.2 Å². The lowest BCUT2D eigenvalue weighted by molar-refractivity contribution is -0.146. The molecule has 0 spiro atoms. The van der Waals surface area contributed by atoms with Gasteiger partial charge in [-0.3, -0.25) is 9.36 Å². The summed E-state index contributed by atoms with van der Waals surface area (Å²) in [6.45, 7) is 2.44. The van der Waals surface area contributed by atoms with E-state index in [0.717, 1.165) is 25.7 Å². The Morgan fingerprint density at radius 1 is 1.41 bits per heavy atom. The predicted molar refractivity (Wildman–Crippen MR) is 80.3 cm³/mol. The highest BCUT2D eigenvalue weighted by Crippen LogP contribution is 2.30. The maximum absolute atomic E-state index is 12.1. The summed E-state index contributed by atoms with van der Waals surface area (Å²) in [5.74, 6) is 0.916. The van der Waals surface area contributed by atoms with Gasteiger partial charge in [-0.1, -0.05) is 0 Å². The lowest BCUT2D eigenvalue weighted by Gasteiger charge is -2.26. The second kappa shape index (κ2) is 5.90. The van der Waals surface area contributed by atoms with Gasteiger partial charge in [-0.2, -0.15) is 0 Å². The molecule has 7 heteroatoms. The minimum atomic E-state index is -0.148. The zero-order chi connectivity index (χ0) is 15.7. The second-order valence-corrected chi connectivity index (χ2v) is 5.94. The van der Waals surface area contributed by atoms with Gasteiger partial charge in [0.15, 0.2) is 5.65 Å².